The molecule has 4 nitrogen and oxygen atoms in total. The van der Waals surface area contributed by atoms with Gasteiger partial charge in [-0.05, 0) is 45.7 Å². The molecule has 1 unspecified atom stereocenters. The van der Waals surface area contributed by atoms with Crippen LogP contribution in [0.3, 0.4) is 0 Å². The highest BCUT2D eigenvalue weighted by Gasteiger charge is 2.54. The molecule has 6 aromatic carbocycles. The molecule has 0 bridgehead atoms. The van der Waals surface area contributed by atoms with Crippen molar-refractivity contribution < 1.29 is 14.3 Å². The maximum Gasteiger partial charge on any atom is 0.290 e. The fourth-order valence-electron chi connectivity index (χ4n) is 6.39. The first-order valence-corrected chi connectivity index (χ1v) is 15.9. The van der Waals surface area contributed by atoms with Crippen LogP contribution in [0.2, 0.25) is 0 Å². The molecule has 0 aromatic heterocycles. The highest BCUT2D eigenvalue weighted by molar-refractivity contribution is 8.15. The van der Waals surface area contributed by atoms with Crippen LogP contribution in [0.25, 0.3) is 10.8 Å². The van der Waals surface area contributed by atoms with Crippen molar-refractivity contribution in [3.05, 3.63) is 186 Å². The van der Waals surface area contributed by atoms with Crippen molar-refractivity contribution in [2.75, 3.05) is 0 Å². The highest BCUT2D eigenvalue weighted by atomic mass is 32.2. The van der Waals surface area contributed by atoms with Gasteiger partial charge in [-0.15, -0.1) is 0 Å². The van der Waals surface area contributed by atoms with E-state index in [2.05, 4.69) is 6.07 Å². The third-order valence-corrected chi connectivity index (χ3v) is 9.49. The second-order valence-corrected chi connectivity index (χ2v) is 12.3. The molecule has 2 amide bonds. The second kappa shape index (κ2) is 12.5. The molecule has 1 heterocycles. The molecule has 0 saturated carbocycles. The van der Waals surface area contributed by atoms with Crippen LogP contribution in [-0.4, -0.2) is 21.3 Å². The summed E-state index contributed by atoms with van der Waals surface area (Å²) in [5.41, 5.74) is 3.54. The Morgan fingerprint density at radius 1 is 0.578 bits per heavy atom. The minimum Gasteiger partial charge on any atom is -0.488 e. The zero-order chi connectivity index (χ0) is 30.6. The molecule has 220 valence electrons. The Hall–Kier alpha value is -5.13. The maximum atomic E-state index is 14.6. The summed E-state index contributed by atoms with van der Waals surface area (Å²) in [5, 5.41) is 1.17. The van der Waals surface area contributed by atoms with E-state index in [0.29, 0.717) is 13.0 Å². The molecule has 1 aliphatic heterocycles. The van der Waals surface area contributed by atoms with E-state index in [4.69, 9.17) is 4.74 Å². The van der Waals surface area contributed by atoms with Gasteiger partial charge in [0.15, 0.2) is 0 Å². The Bertz CT molecular complexity index is 1850. The van der Waals surface area contributed by atoms with Crippen LogP contribution in [0.4, 0.5) is 4.79 Å². The molecule has 0 aliphatic carbocycles. The van der Waals surface area contributed by atoms with E-state index in [9.17, 15) is 9.59 Å². The minimum atomic E-state index is -1.13. The van der Waals surface area contributed by atoms with Crippen LogP contribution in [0, 0.1) is 0 Å². The zero-order valence-electron chi connectivity index (χ0n) is 24.6. The van der Waals surface area contributed by atoms with Gasteiger partial charge in [-0.1, -0.05) is 163 Å². The summed E-state index contributed by atoms with van der Waals surface area (Å²) in [5.74, 6) is 0.590. The topological polar surface area (TPSA) is 46.6 Å². The molecule has 0 radical (unpaired) electrons. The van der Waals surface area contributed by atoms with Crippen LogP contribution in [0.5, 0.6) is 5.75 Å². The van der Waals surface area contributed by atoms with Crippen molar-refractivity contribution in [2.24, 2.45) is 0 Å². The molecule has 1 atom stereocenters. The summed E-state index contributed by atoms with van der Waals surface area (Å²) in [4.78, 5) is 30.2. The SMILES string of the molecule is O=C1SC(Cc2ccc(OCc3ccccc3)c3ccccc23)C(=O)N1C(c1ccccc1)(c1ccccc1)c1ccccc1. The van der Waals surface area contributed by atoms with Gasteiger partial charge in [0.2, 0.25) is 5.91 Å². The van der Waals surface area contributed by atoms with E-state index in [-0.39, 0.29) is 11.1 Å². The average molecular weight is 606 g/mol. The number of hydrogen-bond donors (Lipinski definition) is 0. The quantitative estimate of drug-likeness (QED) is 0.154. The summed E-state index contributed by atoms with van der Waals surface area (Å²) < 4.78 is 6.24. The van der Waals surface area contributed by atoms with E-state index >= 15 is 0 Å². The van der Waals surface area contributed by atoms with Crippen molar-refractivity contribution in [1.29, 1.82) is 0 Å². The second-order valence-electron chi connectivity index (χ2n) is 11.1. The first-order valence-electron chi connectivity index (χ1n) is 15.0. The van der Waals surface area contributed by atoms with Gasteiger partial charge < -0.3 is 4.74 Å². The van der Waals surface area contributed by atoms with Gasteiger partial charge >= 0.3 is 0 Å². The summed E-state index contributed by atoms with van der Waals surface area (Å²) in [7, 11) is 0. The lowest BCUT2D eigenvalue weighted by atomic mass is 9.75. The van der Waals surface area contributed by atoms with Crippen LogP contribution in [0.15, 0.2) is 158 Å². The minimum absolute atomic E-state index is 0.199. The Balaban J connectivity index is 1.27. The van der Waals surface area contributed by atoms with Crippen LogP contribution in [0.1, 0.15) is 27.8 Å². The molecule has 1 aliphatic rings. The number of thioether (sulfide) groups is 1. The number of ether oxygens (including phenoxy) is 1. The van der Waals surface area contributed by atoms with Crippen LogP contribution >= 0.6 is 11.8 Å². The third-order valence-electron chi connectivity index (χ3n) is 8.45. The summed E-state index contributed by atoms with van der Waals surface area (Å²) in [6.07, 6.45) is 0.416. The van der Waals surface area contributed by atoms with E-state index < -0.39 is 10.8 Å². The first-order chi connectivity index (χ1) is 22.2. The molecular formula is C40H31NO3S. The van der Waals surface area contributed by atoms with Gasteiger partial charge in [0, 0.05) is 5.39 Å². The molecule has 1 fully saturated rings. The highest BCUT2D eigenvalue weighted by Crippen LogP contribution is 2.48. The number of rotatable bonds is 9. The van der Waals surface area contributed by atoms with Gasteiger partial charge in [0.05, 0.1) is 5.25 Å². The fourth-order valence-corrected chi connectivity index (χ4v) is 7.43. The molecule has 5 heteroatoms. The first kappa shape index (κ1) is 28.6. The van der Waals surface area contributed by atoms with Crippen molar-refractivity contribution in [2.45, 2.75) is 23.8 Å². The predicted molar refractivity (Wildman–Crippen MR) is 181 cm³/mol. The summed E-state index contributed by atoms with van der Waals surface area (Å²) >= 11 is 1.11. The lowest BCUT2D eigenvalue weighted by Gasteiger charge is -2.42. The molecule has 0 N–H and O–H groups in total. The van der Waals surface area contributed by atoms with Gasteiger partial charge in [0.25, 0.3) is 5.24 Å². The molecular weight excluding hydrogens is 575 g/mol. The van der Waals surface area contributed by atoms with Gasteiger partial charge in [-0.2, -0.15) is 0 Å². The van der Waals surface area contributed by atoms with Crippen LogP contribution in [-0.2, 0) is 23.4 Å². The van der Waals surface area contributed by atoms with E-state index in [1.807, 2.05) is 152 Å². The monoisotopic (exact) mass is 605 g/mol. The van der Waals surface area contributed by atoms with E-state index in [1.54, 1.807) is 0 Å². The predicted octanol–water partition coefficient (Wildman–Crippen LogP) is 9.02. The molecule has 45 heavy (non-hydrogen) atoms. The number of nitrogens with zero attached hydrogens (tertiary/aromatic N) is 1. The number of carbonyl (C=O) groups is 2. The van der Waals surface area contributed by atoms with Crippen molar-refractivity contribution in [1.82, 2.24) is 4.90 Å². The fraction of sp³-hybridized carbons (Fsp3) is 0.100. The Labute approximate surface area is 267 Å². The molecule has 0 spiro atoms. The van der Waals surface area contributed by atoms with E-state index in [1.165, 1.54) is 4.90 Å². The number of fused-ring (bicyclic) bond motifs is 1. The third kappa shape index (κ3) is 5.30. The van der Waals surface area contributed by atoms with Gasteiger partial charge in [0.1, 0.15) is 17.9 Å². The normalized spacial score (nSPS) is 15.0. The van der Waals surface area contributed by atoms with Gasteiger partial charge in [-0.3, -0.25) is 14.5 Å². The number of carbonyl (C=O) groups excluding carboxylic acids is 2. The molecule has 6 aromatic rings. The van der Waals surface area contributed by atoms with Gasteiger partial charge in [-0.25, -0.2) is 0 Å². The number of amides is 2. The Kier molecular flexibility index (Phi) is 7.93. The standard InChI is InChI=1S/C40H31NO3S/c42-38-37(27-30-25-26-36(35-24-14-13-23-34(30)35)44-28-29-15-5-1-6-16-29)45-39(43)41(38)40(31-17-7-2-8-18-31,32-19-9-3-10-20-32)33-21-11-4-12-22-33/h1-26,37H,27-28H2. The Morgan fingerprint density at radius 3 is 1.62 bits per heavy atom. The van der Waals surface area contributed by atoms with Crippen molar-refractivity contribution >= 4 is 33.7 Å². The van der Waals surface area contributed by atoms with Crippen LogP contribution < -0.4 is 4.74 Å². The number of imide groups is 1. The smallest absolute Gasteiger partial charge is 0.290 e. The number of benzene rings is 6. The summed E-state index contributed by atoms with van der Waals surface area (Å²) in [6.45, 7) is 0.463. The lowest BCUT2D eigenvalue weighted by Crippen LogP contribution is -2.51. The molecule has 7 rings (SSSR count). The summed E-state index contributed by atoms with van der Waals surface area (Å²) in [6, 6.07) is 51.8. The molecule has 1 saturated heterocycles. The lowest BCUT2D eigenvalue weighted by molar-refractivity contribution is -0.129. The van der Waals surface area contributed by atoms with E-state index in [0.717, 1.165) is 56.1 Å². The largest absolute Gasteiger partial charge is 0.488 e. The zero-order valence-corrected chi connectivity index (χ0v) is 25.4. The van der Waals surface area contributed by atoms with Crippen molar-refractivity contribution in [3.8, 4) is 5.75 Å². The van der Waals surface area contributed by atoms with Crippen molar-refractivity contribution in [3.63, 3.8) is 0 Å². The number of hydrogen-bond acceptors (Lipinski definition) is 4. The average Bonchev–Trinajstić information content (AvgIpc) is 3.38. The maximum absolute atomic E-state index is 14.6. The Morgan fingerprint density at radius 2 is 1.07 bits per heavy atom.